The first-order valence-electron chi connectivity index (χ1n) is 21.2. The second-order valence-corrected chi connectivity index (χ2v) is 18.6. The maximum absolute atomic E-state index is 13.4. The SMILES string of the molecule is CCCCCCCCOC(=O)/C(=C/C=C/N(CCCCCCN(/C=C/C=C(/C(=O)[O][Tl])S(=O)(=O)c1ccccc1)Cc1ccccc1)Cc1ccccc1)Sc1ccccc1. The molecule has 0 fully saturated rings. The molecule has 4 aromatic carbocycles. The molecule has 8 nitrogen and oxygen atoms in total. The molecule has 0 bridgehead atoms. The van der Waals surface area contributed by atoms with Gasteiger partial charge in [-0.3, -0.25) is 0 Å². The van der Waals surface area contributed by atoms with Gasteiger partial charge in [0.25, 0.3) is 0 Å². The number of thioether (sulfide) groups is 1. The number of carbonyl (C=O) groups excluding carboxylic acids is 2. The fourth-order valence-corrected chi connectivity index (χ4v) is 9.42. The molecule has 0 amide bonds. The molecule has 0 unspecified atom stereocenters. The van der Waals surface area contributed by atoms with E-state index in [0.717, 1.165) is 68.6 Å². The van der Waals surface area contributed by atoms with Crippen LogP contribution in [0.5, 0.6) is 0 Å². The standard InChI is InChI=1S/C50H60N2O6S2.Tl/c1-2-3-4-5-8-23-40-58-50(55)47(59-45-30-17-11-18-31-45)34-24-38-51(41-43-26-13-9-14-27-43)36-21-6-7-22-37-52(42-44-28-15-10-16-29-44)39-25-35-48(49(53)54)60(56,57)46-32-19-12-20-33-46;/h9-20,24-35,38-39H,2-8,21-23,36-37,40-42H2,1H3,(H,53,54);/q;+1/p-1/b38-24+,39-25+,47-34-,48-35-;. The van der Waals surface area contributed by atoms with E-state index in [4.69, 9.17) is 7.42 Å². The first-order chi connectivity index (χ1) is 29.8. The summed E-state index contributed by atoms with van der Waals surface area (Å²) in [7, 11) is -4.05. The van der Waals surface area contributed by atoms with Crippen molar-refractivity contribution in [1.29, 1.82) is 0 Å². The number of esters is 1. The van der Waals surface area contributed by atoms with Crippen molar-refractivity contribution in [2.45, 2.75) is 94.0 Å². The van der Waals surface area contributed by atoms with Gasteiger partial charge in [0.15, 0.2) is 0 Å². The van der Waals surface area contributed by atoms with E-state index < -0.39 is 15.8 Å². The summed E-state index contributed by atoms with van der Waals surface area (Å²) in [6.45, 7) is 5.61. The maximum atomic E-state index is 13.4. The van der Waals surface area contributed by atoms with Gasteiger partial charge in [-0.1, -0.05) is 99.3 Å². The Hall–Kier alpha value is -4.40. The fourth-order valence-electron chi connectivity index (χ4n) is 6.47. The largest absolute Gasteiger partial charge is 0.0826 e. The van der Waals surface area contributed by atoms with Crippen molar-refractivity contribution in [3.63, 3.8) is 0 Å². The minimum absolute atomic E-state index is 0.0473. The summed E-state index contributed by atoms with van der Waals surface area (Å²) in [6.07, 6.45) is 21.4. The van der Waals surface area contributed by atoms with E-state index in [1.54, 1.807) is 24.3 Å². The Balaban J connectivity index is 1.39. The number of allylic oxidation sites excluding steroid dienone is 4. The molecule has 0 radical (unpaired) electrons. The van der Waals surface area contributed by atoms with Gasteiger partial charge in [-0.05, 0) is 42.5 Å². The predicted molar refractivity (Wildman–Crippen MR) is 249 cm³/mol. The van der Waals surface area contributed by atoms with Crippen LogP contribution in [0.25, 0.3) is 0 Å². The number of ether oxygens (including phenoxy) is 1. The first kappa shape index (κ1) is 49.3. The molecule has 0 heterocycles. The number of hydrogen-bond donors (Lipinski definition) is 0. The normalized spacial score (nSPS) is 12.1. The van der Waals surface area contributed by atoms with E-state index >= 15 is 0 Å². The molecule has 0 aliphatic rings. The molecule has 4 aromatic rings. The summed E-state index contributed by atoms with van der Waals surface area (Å²) in [6, 6.07) is 38.4. The molecule has 0 spiro atoms. The van der Waals surface area contributed by atoms with Crippen LogP contribution in [0.2, 0.25) is 0 Å². The summed E-state index contributed by atoms with van der Waals surface area (Å²) in [5, 5.41) is 0. The van der Waals surface area contributed by atoms with E-state index in [1.807, 2.05) is 72.9 Å². The number of unbranched alkanes of at least 4 members (excludes halogenated alkanes) is 8. The average molecular weight is 1050 g/mol. The Morgan fingerprint density at radius 2 is 1.08 bits per heavy atom. The van der Waals surface area contributed by atoms with Crippen LogP contribution in [0.3, 0.4) is 0 Å². The van der Waals surface area contributed by atoms with Crippen molar-refractivity contribution in [1.82, 2.24) is 9.80 Å². The molecule has 0 aliphatic heterocycles. The molecule has 11 heteroatoms. The molecule has 0 atom stereocenters. The zero-order valence-corrected chi connectivity index (χ0v) is 41.5. The molecule has 0 aliphatic carbocycles. The number of carbonyl (C=O) groups is 2. The van der Waals surface area contributed by atoms with Crippen molar-refractivity contribution in [3.8, 4) is 0 Å². The summed E-state index contributed by atoms with van der Waals surface area (Å²) in [4.78, 5) is 31.6. The van der Waals surface area contributed by atoms with Crippen LogP contribution in [0, 0.1) is 0 Å². The summed E-state index contributed by atoms with van der Waals surface area (Å²) in [5.74, 6) is -1.13. The van der Waals surface area contributed by atoms with Crippen LogP contribution in [0.15, 0.2) is 178 Å². The van der Waals surface area contributed by atoms with Crippen molar-refractivity contribution in [2.24, 2.45) is 0 Å². The van der Waals surface area contributed by atoms with Gasteiger partial charge in [-0.25, -0.2) is 4.79 Å². The Morgan fingerprint density at radius 3 is 1.62 bits per heavy atom. The minimum Gasteiger partial charge on any atom is -0.0826 e. The maximum Gasteiger partial charge on any atom is 0.0423 e. The van der Waals surface area contributed by atoms with E-state index in [2.05, 4.69) is 59.3 Å². The van der Waals surface area contributed by atoms with Gasteiger partial charge in [0, 0.05) is 18.0 Å². The zero-order chi connectivity index (χ0) is 43.4. The quantitative estimate of drug-likeness (QED) is 0.0138. The molecule has 0 N–H and O–H groups in total. The predicted octanol–water partition coefficient (Wildman–Crippen LogP) is 11.1. The summed E-state index contributed by atoms with van der Waals surface area (Å²) >= 11 is 1.28. The second kappa shape index (κ2) is 29.0. The third-order valence-corrected chi connectivity index (χ3v) is 13.4. The number of sulfone groups is 1. The molecule has 4 rings (SSSR count). The number of benzene rings is 4. The van der Waals surface area contributed by atoms with Crippen LogP contribution < -0.4 is 0 Å². The molecule has 0 saturated carbocycles. The summed E-state index contributed by atoms with van der Waals surface area (Å²) < 4.78 is 37.5. The van der Waals surface area contributed by atoms with Gasteiger partial charge in [0.05, 0.1) is 11.5 Å². The summed E-state index contributed by atoms with van der Waals surface area (Å²) in [5.41, 5.74) is 2.34. The van der Waals surface area contributed by atoms with Gasteiger partial charge in [0.2, 0.25) is 0 Å². The van der Waals surface area contributed by atoms with E-state index in [9.17, 15) is 18.0 Å². The van der Waals surface area contributed by atoms with Crippen molar-refractivity contribution >= 4 is 59.8 Å². The molecule has 0 saturated heterocycles. The number of rotatable bonds is 28. The third kappa shape index (κ3) is 19.0. The van der Waals surface area contributed by atoms with Gasteiger partial charge in [0.1, 0.15) is 0 Å². The van der Waals surface area contributed by atoms with Crippen LogP contribution in [0.4, 0.5) is 0 Å². The molecule has 61 heavy (non-hydrogen) atoms. The molecule has 0 aromatic heterocycles. The Morgan fingerprint density at radius 1 is 0.607 bits per heavy atom. The molecular formula is C50H59N2O6S2Tl. The van der Waals surface area contributed by atoms with Crippen LogP contribution in [-0.4, -0.2) is 76.1 Å². The fraction of sp³-hybridized carbons (Fsp3) is 0.320. The Labute approximate surface area is 385 Å². The van der Waals surface area contributed by atoms with Gasteiger partial charge in [-0.15, -0.1) is 0 Å². The van der Waals surface area contributed by atoms with E-state index in [-0.39, 0.29) is 42.0 Å². The zero-order valence-electron chi connectivity index (χ0n) is 35.4. The van der Waals surface area contributed by atoms with E-state index in [1.165, 1.54) is 61.2 Å². The van der Waals surface area contributed by atoms with E-state index in [0.29, 0.717) is 18.1 Å². The Bertz CT molecular complexity index is 2090. The monoisotopic (exact) mass is 1050 g/mol. The van der Waals surface area contributed by atoms with Gasteiger partial charge >= 0.3 is 202 Å². The Kier molecular flexibility index (Phi) is 23.4. The third-order valence-electron chi connectivity index (χ3n) is 9.74. The van der Waals surface area contributed by atoms with Gasteiger partial charge in [-0.2, -0.15) is 0 Å². The topological polar surface area (TPSA) is 93.2 Å². The first-order valence-corrected chi connectivity index (χ1v) is 25.4. The molecule has 320 valence electrons. The number of hydrogen-bond acceptors (Lipinski definition) is 9. The minimum atomic E-state index is -4.05. The van der Waals surface area contributed by atoms with Crippen LogP contribution in [0.1, 0.15) is 82.3 Å². The van der Waals surface area contributed by atoms with Crippen molar-refractivity contribution < 1.29 is 25.4 Å². The van der Waals surface area contributed by atoms with Crippen LogP contribution in [-0.2, 0) is 39.9 Å². The molecular weight excluding hydrogens is 993 g/mol. The van der Waals surface area contributed by atoms with Crippen molar-refractivity contribution in [3.05, 3.63) is 179 Å². The second-order valence-electron chi connectivity index (χ2n) is 14.6. The van der Waals surface area contributed by atoms with Gasteiger partial charge < -0.3 is 9.64 Å². The van der Waals surface area contributed by atoms with Crippen molar-refractivity contribution in [2.75, 3.05) is 19.7 Å². The van der Waals surface area contributed by atoms with Crippen LogP contribution >= 0.6 is 11.8 Å². The number of nitrogens with zero attached hydrogens (tertiary/aromatic N) is 2. The smallest absolute Gasteiger partial charge is 0.0423 e. The average Bonchev–Trinajstić information content (AvgIpc) is 3.29.